The second-order valence-corrected chi connectivity index (χ2v) is 5.09. The fourth-order valence-electron chi connectivity index (χ4n) is 2.60. The second-order valence-electron chi connectivity index (χ2n) is 5.09. The SMILES string of the molecule is C[NH+]1CCN(c2c(N)c(=O)oc3ccccc23)CC1. The molecule has 5 heteroatoms. The van der Waals surface area contributed by atoms with Gasteiger partial charge in [-0.1, -0.05) is 12.1 Å². The van der Waals surface area contributed by atoms with Crippen LogP contribution >= 0.6 is 0 Å². The molecular weight excluding hydrogens is 242 g/mol. The molecule has 1 aromatic heterocycles. The number of fused-ring (bicyclic) bond motifs is 1. The Labute approximate surface area is 111 Å². The highest BCUT2D eigenvalue weighted by Crippen LogP contribution is 2.30. The lowest BCUT2D eigenvalue weighted by Crippen LogP contribution is -3.12. The van der Waals surface area contributed by atoms with Gasteiger partial charge in [0.15, 0.2) is 0 Å². The Morgan fingerprint density at radius 2 is 1.95 bits per heavy atom. The molecule has 0 saturated carbocycles. The van der Waals surface area contributed by atoms with Crippen LogP contribution in [-0.2, 0) is 0 Å². The van der Waals surface area contributed by atoms with E-state index in [-0.39, 0.29) is 5.69 Å². The fraction of sp³-hybridized carbons (Fsp3) is 0.357. The molecule has 0 aliphatic carbocycles. The quantitative estimate of drug-likeness (QED) is 0.692. The van der Waals surface area contributed by atoms with E-state index < -0.39 is 5.63 Å². The highest BCUT2D eigenvalue weighted by Gasteiger charge is 2.22. The van der Waals surface area contributed by atoms with Gasteiger partial charge in [-0.3, -0.25) is 0 Å². The molecule has 2 aromatic rings. The minimum Gasteiger partial charge on any atom is -0.421 e. The number of rotatable bonds is 1. The first-order valence-corrected chi connectivity index (χ1v) is 6.54. The van der Waals surface area contributed by atoms with Crippen LogP contribution in [0.25, 0.3) is 11.0 Å². The average Bonchev–Trinajstić information content (AvgIpc) is 2.42. The average molecular weight is 260 g/mol. The molecule has 19 heavy (non-hydrogen) atoms. The standard InChI is InChI=1S/C14H17N3O2/c1-16-6-8-17(9-7-16)13-10-4-2-3-5-11(10)19-14(18)12(13)15/h2-5H,6-9,15H2,1H3/p+1. The molecule has 2 heterocycles. The largest absolute Gasteiger partial charge is 0.421 e. The first-order valence-electron chi connectivity index (χ1n) is 6.54. The summed E-state index contributed by atoms with van der Waals surface area (Å²) < 4.78 is 5.23. The molecule has 3 N–H and O–H groups in total. The number of piperazine rings is 1. The van der Waals surface area contributed by atoms with E-state index >= 15 is 0 Å². The molecule has 1 aromatic carbocycles. The van der Waals surface area contributed by atoms with Gasteiger partial charge in [0.05, 0.1) is 38.9 Å². The predicted molar refractivity (Wildman–Crippen MR) is 75.7 cm³/mol. The van der Waals surface area contributed by atoms with Crippen molar-refractivity contribution in [2.75, 3.05) is 43.9 Å². The van der Waals surface area contributed by atoms with Crippen LogP contribution in [0.4, 0.5) is 11.4 Å². The number of hydrogen-bond acceptors (Lipinski definition) is 4. The fourth-order valence-corrected chi connectivity index (χ4v) is 2.60. The molecule has 0 amide bonds. The van der Waals surface area contributed by atoms with Gasteiger partial charge in [0.2, 0.25) is 0 Å². The number of nitrogens with zero attached hydrogens (tertiary/aromatic N) is 1. The smallest absolute Gasteiger partial charge is 0.361 e. The van der Waals surface area contributed by atoms with Crippen molar-refractivity contribution in [3.05, 3.63) is 34.7 Å². The number of nitrogen functional groups attached to an aromatic ring is 1. The first kappa shape index (κ1) is 12.0. The number of anilines is 2. The van der Waals surface area contributed by atoms with E-state index in [1.54, 1.807) is 6.07 Å². The number of nitrogens with two attached hydrogens (primary N) is 1. The van der Waals surface area contributed by atoms with Crippen molar-refractivity contribution < 1.29 is 9.32 Å². The minimum atomic E-state index is -0.444. The lowest BCUT2D eigenvalue weighted by Gasteiger charge is -2.32. The highest BCUT2D eigenvalue weighted by atomic mass is 16.4. The molecule has 0 spiro atoms. The normalized spacial score (nSPS) is 17.0. The Hall–Kier alpha value is -2.01. The van der Waals surface area contributed by atoms with Gasteiger partial charge >= 0.3 is 5.63 Å². The molecule has 1 aliphatic heterocycles. The molecular formula is C14H18N3O2+. The maximum Gasteiger partial charge on any atom is 0.361 e. The Morgan fingerprint density at radius 1 is 1.26 bits per heavy atom. The topological polar surface area (TPSA) is 63.9 Å². The molecule has 0 unspecified atom stereocenters. The van der Waals surface area contributed by atoms with Gasteiger partial charge in [-0.25, -0.2) is 4.79 Å². The third-order valence-corrected chi connectivity index (χ3v) is 3.75. The van der Waals surface area contributed by atoms with E-state index in [0.29, 0.717) is 5.58 Å². The number of likely N-dealkylation sites (N-methyl/N-ethyl adjacent to an activating group) is 1. The molecule has 1 saturated heterocycles. The van der Waals surface area contributed by atoms with Crippen LogP contribution in [-0.4, -0.2) is 33.2 Å². The summed E-state index contributed by atoms with van der Waals surface area (Å²) in [5.74, 6) is 0. The van der Waals surface area contributed by atoms with E-state index in [4.69, 9.17) is 10.2 Å². The predicted octanol–water partition coefficient (Wildman–Crippen LogP) is -0.290. The van der Waals surface area contributed by atoms with Gasteiger partial charge in [0.1, 0.15) is 11.3 Å². The number of quaternary nitrogens is 1. The summed E-state index contributed by atoms with van der Waals surface area (Å²) in [4.78, 5) is 15.5. The molecule has 1 aliphatic rings. The molecule has 0 atom stereocenters. The Balaban J connectivity index is 2.16. The zero-order valence-corrected chi connectivity index (χ0v) is 11.0. The van der Waals surface area contributed by atoms with Crippen molar-refractivity contribution >= 4 is 22.3 Å². The highest BCUT2D eigenvalue weighted by molar-refractivity contribution is 5.96. The van der Waals surface area contributed by atoms with Crippen LogP contribution in [0.15, 0.2) is 33.5 Å². The van der Waals surface area contributed by atoms with Crippen LogP contribution in [0, 0.1) is 0 Å². The lowest BCUT2D eigenvalue weighted by atomic mass is 10.1. The van der Waals surface area contributed by atoms with E-state index in [1.165, 1.54) is 4.90 Å². The van der Waals surface area contributed by atoms with Crippen molar-refractivity contribution in [2.24, 2.45) is 0 Å². The maximum atomic E-state index is 11.8. The van der Waals surface area contributed by atoms with Gasteiger partial charge in [-0.15, -0.1) is 0 Å². The van der Waals surface area contributed by atoms with Gasteiger partial charge in [0.25, 0.3) is 0 Å². The summed E-state index contributed by atoms with van der Waals surface area (Å²) in [6.45, 7) is 3.91. The number of para-hydroxylation sites is 1. The van der Waals surface area contributed by atoms with Crippen LogP contribution in [0.2, 0.25) is 0 Å². The monoisotopic (exact) mass is 260 g/mol. The molecule has 0 bridgehead atoms. The third kappa shape index (κ3) is 2.06. The van der Waals surface area contributed by atoms with E-state index in [0.717, 1.165) is 37.3 Å². The van der Waals surface area contributed by atoms with Gasteiger partial charge in [-0.2, -0.15) is 0 Å². The van der Waals surface area contributed by atoms with Crippen molar-refractivity contribution in [2.45, 2.75) is 0 Å². The molecule has 1 fully saturated rings. The summed E-state index contributed by atoms with van der Waals surface area (Å²) in [5.41, 5.74) is 7.17. The minimum absolute atomic E-state index is 0.221. The first-order chi connectivity index (χ1) is 9.16. The number of nitrogens with one attached hydrogen (secondary N) is 1. The van der Waals surface area contributed by atoms with Gasteiger partial charge in [0, 0.05) is 5.39 Å². The second kappa shape index (κ2) is 4.59. The van der Waals surface area contributed by atoms with E-state index in [2.05, 4.69) is 11.9 Å². The van der Waals surface area contributed by atoms with Crippen molar-refractivity contribution in [3.63, 3.8) is 0 Å². The van der Waals surface area contributed by atoms with Crippen LogP contribution in [0.5, 0.6) is 0 Å². The summed E-state index contributed by atoms with van der Waals surface area (Å²) in [7, 11) is 2.18. The van der Waals surface area contributed by atoms with Crippen molar-refractivity contribution in [1.29, 1.82) is 0 Å². The van der Waals surface area contributed by atoms with Crippen LogP contribution < -0.4 is 21.2 Å². The van der Waals surface area contributed by atoms with Crippen LogP contribution in [0.1, 0.15) is 0 Å². The third-order valence-electron chi connectivity index (χ3n) is 3.75. The number of benzene rings is 1. The summed E-state index contributed by atoms with van der Waals surface area (Å²) in [5, 5.41) is 0.916. The van der Waals surface area contributed by atoms with E-state index in [9.17, 15) is 4.79 Å². The zero-order valence-electron chi connectivity index (χ0n) is 11.0. The Bertz CT molecular complexity index is 657. The molecule has 100 valence electrons. The van der Waals surface area contributed by atoms with Crippen LogP contribution in [0.3, 0.4) is 0 Å². The van der Waals surface area contributed by atoms with Crippen molar-refractivity contribution in [1.82, 2.24) is 0 Å². The summed E-state index contributed by atoms with van der Waals surface area (Å²) in [6, 6.07) is 7.56. The summed E-state index contributed by atoms with van der Waals surface area (Å²) >= 11 is 0. The van der Waals surface area contributed by atoms with E-state index in [1.807, 2.05) is 18.2 Å². The number of hydrogen-bond donors (Lipinski definition) is 2. The maximum absolute atomic E-state index is 11.8. The Morgan fingerprint density at radius 3 is 2.68 bits per heavy atom. The molecule has 0 radical (unpaired) electrons. The van der Waals surface area contributed by atoms with Crippen molar-refractivity contribution in [3.8, 4) is 0 Å². The Kier molecular flexibility index (Phi) is 2.91. The van der Waals surface area contributed by atoms with Gasteiger partial charge in [-0.05, 0) is 12.1 Å². The summed E-state index contributed by atoms with van der Waals surface area (Å²) in [6.07, 6.45) is 0. The molecule has 3 rings (SSSR count). The lowest BCUT2D eigenvalue weighted by molar-refractivity contribution is -0.880. The zero-order chi connectivity index (χ0) is 13.4. The van der Waals surface area contributed by atoms with Gasteiger partial charge < -0.3 is 20.0 Å². The molecule has 5 nitrogen and oxygen atoms in total.